The van der Waals surface area contributed by atoms with Crippen molar-refractivity contribution in [1.82, 2.24) is 0 Å². The minimum atomic E-state index is 0.0913. The fourth-order valence-corrected chi connectivity index (χ4v) is 1.13. The SMILES string of the molecule is C=Cc1cccc(C)c1CO. The Hall–Kier alpha value is -1.08. The van der Waals surface area contributed by atoms with E-state index in [4.69, 9.17) is 5.11 Å². The second kappa shape index (κ2) is 3.35. The molecule has 0 atom stereocenters. The van der Waals surface area contributed by atoms with Crippen LogP contribution in [0.15, 0.2) is 24.8 Å². The molecule has 0 aliphatic heterocycles. The van der Waals surface area contributed by atoms with Crippen LogP contribution in [0.4, 0.5) is 0 Å². The van der Waals surface area contributed by atoms with Crippen LogP contribution in [-0.4, -0.2) is 5.11 Å². The van der Waals surface area contributed by atoms with Gasteiger partial charge in [-0.2, -0.15) is 0 Å². The largest absolute Gasteiger partial charge is 0.392 e. The summed E-state index contributed by atoms with van der Waals surface area (Å²) in [5.74, 6) is 0. The fraction of sp³-hybridized carbons (Fsp3) is 0.200. The van der Waals surface area contributed by atoms with Crippen LogP contribution in [0.3, 0.4) is 0 Å². The van der Waals surface area contributed by atoms with Gasteiger partial charge < -0.3 is 5.11 Å². The summed E-state index contributed by atoms with van der Waals surface area (Å²) in [7, 11) is 0. The second-order valence-electron chi connectivity index (χ2n) is 2.50. The van der Waals surface area contributed by atoms with E-state index < -0.39 is 0 Å². The molecule has 0 aromatic heterocycles. The Bertz CT molecular complexity index is 264. The maximum Gasteiger partial charge on any atom is 0.0690 e. The predicted molar refractivity (Wildman–Crippen MR) is 47.2 cm³/mol. The highest BCUT2D eigenvalue weighted by molar-refractivity contribution is 5.53. The zero-order valence-electron chi connectivity index (χ0n) is 6.67. The van der Waals surface area contributed by atoms with Crippen molar-refractivity contribution in [3.8, 4) is 0 Å². The van der Waals surface area contributed by atoms with Gasteiger partial charge in [0.2, 0.25) is 0 Å². The Kier molecular flexibility index (Phi) is 2.44. The van der Waals surface area contributed by atoms with Crippen molar-refractivity contribution in [3.63, 3.8) is 0 Å². The predicted octanol–water partition coefficient (Wildman–Crippen LogP) is 2.13. The molecule has 1 aromatic rings. The summed E-state index contributed by atoms with van der Waals surface area (Å²) in [6.07, 6.45) is 1.76. The number of aryl methyl sites for hydroxylation is 1. The van der Waals surface area contributed by atoms with Crippen molar-refractivity contribution < 1.29 is 5.11 Å². The Labute approximate surface area is 67.0 Å². The van der Waals surface area contributed by atoms with Crippen LogP contribution in [0.1, 0.15) is 16.7 Å². The third-order valence-corrected chi connectivity index (χ3v) is 1.82. The van der Waals surface area contributed by atoms with Crippen LogP contribution in [0, 0.1) is 6.92 Å². The molecule has 0 heterocycles. The van der Waals surface area contributed by atoms with Gasteiger partial charge in [-0.1, -0.05) is 30.9 Å². The molecule has 0 unspecified atom stereocenters. The van der Waals surface area contributed by atoms with Crippen molar-refractivity contribution in [2.45, 2.75) is 13.5 Å². The smallest absolute Gasteiger partial charge is 0.0690 e. The van der Waals surface area contributed by atoms with Gasteiger partial charge in [-0.3, -0.25) is 0 Å². The van der Waals surface area contributed by atoms with Gasteiger partial charge in [0, 0.05) is 0 Å². The lowest BCUT2D eigenvalue weighted by molar-refractivity contribution is 0.281. The zero-order chi connectivity index (χ0) is 8.27. The molecule has 0 aliphatic rings. The van der Waals surface area contributed by atoms with Gasteiger partial charge in [0.15, 0.2) is 0 Å². The molecule has 1 N–H and O–H groups in total. The molecular weight excluding hydrogens is 136 g/mol. The summed E-state index contributed by atoms with van der Waals surface area (Å²) >= 11 is 0. The molecule has 0 spiro atoms. The Balaban J connectivity index is 3.23. The van der Waals surface area contributed by atoms with Crippen molar-refractivity contribution in [1.29, 1.82) is 0 Å². The van der Waals surface area contributed by atoms with Gasteiger partial charge in [-0.05, 0) is 23.6 Å². The van der Waals surface area contributed by atoms with E-state index in [0.29, 0.717) is 0 Å². The Morgan fingerprint density at radius 1 is 1.55 bits per heavy atom. The zero-order valence-corrected chi connectivity index (χ0v) is 6.67. The Morgan fingerprint density at radius 2 is 2.27 bits per heavy atom. The van der Waals surface area contributed by atoms with Crippen LogP contribution < -0.4 is 0 Å². The highest BCUT2D eigenvalue weighted by atomic mass is 16.3. The number of aliphatic hydroxyl groups excluding tert-OH is 1. The summed E-state index contributed by atoms with van der Waals surface area (Å²) < 4.78 is 0. The fourth-order valence-electron chi connectivity index (χ4n) is 1.13. The van der Waals surface area contributed by atoms with Crippen molar-refractivity contribution in [2.75, 3.05) is 0 Å². The first-order valence-corrected chi connectivity index (χ1v) is 3.61. The van der Waals surface area contributed by atoms with Crippen molar-refractivity contribution >= 4 is 6.08 Å². The van der Waals surface area contributed by atoms with Crippen molar-refractivity contribution in [3.05, 3.63) is 41.5 Å². The normalized spacial score (nSPS) is 9.64. The molecule has 58 valence electrons. The molecular formula is C10H12O. The van der Waals surface area contributed by atoms with Gasteiger partial charge in [-0.15, -0.1) is 0 Å². The molecule has 0 radical (unpaired) electrons. The quantitative estimate of drug-likeness (QED) is 0.681. The molecule has 1 aromatic carbocycles. The van der Waals surface area contributed by atoms with Crippen molar-refractivity contribution in [2.24, 2.45) is 0 Å². The number of hydrogen-bond acceptors (Lipinski definition) is 1. The molecule has 0 saturated heterocycles. The lowest BCUT2D eigenvalue weighted by Crippen LogP contribution is -1.91. The van der Waals surface area contributed by atoms with E-state index in [9.17, 15) is 0 Å². The maximum atomic E-state index is 8.98. The summed E-state index contributed by atoms with van der Waals surface area (Å²) in [6.45, 7) is 5.75. The summed E-state index contributed by atoms with van der Waals surface area (Å²) in [6, 6.07) is 5.90. The minimum absolute atomic E-state index is 0.0913. The number of rotatable bonds is 2. The maximum absolute atomic E-state index is 8.98. The first kappa shape index (κ1) is 8.02. The molecule has 0 fully saturated rings. The summed E-state index contributed by atoms with van der Waals surface area (Å²) in [5.41, 5.74) is 3.11. The van der Waals surface area contributed by atoms with Gasteiger partial charge in [0.05, 0.1) is 6.61 Å². The lowest BCUT2D eigenvalue weighted by atomic mass is 10.0. The summed E-state index contributed by atoms with van der Waals surface area (Å²) in [4.78, 5) is 0. The van der Waals surface area contributed by atoms with Gasteiger partial charge >= 0.3 is 0 Å². The molecule has 0 amide bonds. The third-order valence-electron chi connectivity index (χ3n) is 1.82. The monoisotopic (exact) mass is 148 g/mol. The van der Waals surface area contributed by atoms with Crippen LogP contribution in [0.2, 0.25) is 0 Å². The van der Waals surface area contributed by atoms with Gasteiger partial charge in [0.1, 0.15) is 0 Å². The van der Waals surface area contributed by atoms with Gasteiger partial charge in [0.25, 0.3) is 0 Å². The molecule has 0 bridgehead atoms. The highest BCUT2D eigenvalue weighted by Gasteiger charge is 1.99. The van der Waals surface area contributed by atoms with Crippen LogP contribution >= 0.6 is 0 Å². The number of benzene rings is 1. The van der Waals surface area contributed by atoms with Crippen LogP contribution in [0.5, 0.6) is 0 Å². The van der Waals surface area contributed by atoms with Crippen LogP contribution in [0.25, 0.3) is 6.08 Å². The lowest BCUT2D eigenvalue weighted by Gasteiger charge is -2.05. The van der Waals surface area contributed by atoms with E-state index >= 15 is 0 Å². The average molecular weight is 148 g/mol. The van der Waals surface area contributed by atoms with E-state index in [1.807, 2.05) is 25.1 Å². The molecule has 1 heteroatoms. The minimum Gasteiger partial charge on any atom is -0.392 e. The van der Waals surface area contributed by atoms with Crippen LogP contribution in [-0.2, 0) is 6.61 Å². The second-order valence-corrected chi connectivity index (χ2v) is 2.50. The molecule has 0 aliphatic carbocycles. The average Bonchev–Trinajstić information content (AvgIpc) is 2.04. The van der Waals surface area contributed by atoms with E-state index in [-0.39, 0.29) is 6.61 Å². The standard InChI is InChI=1S/C10H12O/c1-3-9-6-4-5-8(2)10(9)7-11/h3-6,11H,1,7H2,2H3. The number of aliphatic hydroxyl groups is 1. The third kappa shape index (κ3) is 1.49. The number of hydrogen-bond donors (Lipinski definition) is 1. The Morgan fingerprint density at radius 3 is 2.73 bits per heavy atom. The molecule has 0 saturated carbocycles. The molecule has 11 heavy (non-hydrogen) atoms. The van der Waals surface area contributed by atoms with E-state index in [2.05, 4.69) is 6.58 Å². The molecule has 1 rings (SSSR count). The van der Waals surface area contributed by atoms with E-state index in [1.54, 1.807) is 6.08 Å². The topological polar surface area (TPSA) is 20.2 Å². The first-order valence-electron chi connectivity index (χ1n) is 3.61. The van der Waals surface area contributed by atoms with Gasteiger partial charge in [-0.25, -0.2) is 0 Å². The van der Waals surface area contributed by atoms with E-state index in [1.165, 1.54) is 0 Å². The summed E-state index contributed by atoms with van der Waals surface area (Å²) in [5, 5.41) is 8.98. The molecule has 1 nitrogen and oxygen atoms in total. The highest BCUT2D eigenvalue weighted by Crippen LogP contribution is 2.14. The first-order chi connectivity index (χ1) is 5.29. The van der Waals surface area contributed by atoms with E-state index in [0.717, 1.165) is 16.7 Å².